The molecule has 5 aliphatic rings. The molecule has 0 radical (unpaired) electrons. The lowest BCUT2D eigenvalue weighted by atomic mass is 9.94. The third-order valence-corrected chi connectivity index (χ3v) is 14.7. The number of rotatable bonds is 11. The second-order valence-electron chi connectivity index (χ2n) is 20.6. The highest BCUT2D eigenvalue weighted by atomic mass is 19.4. The largest absolute Gasteiger partial charge is 0.497 e. The van der Waals surface area contributed by atoms with Gasteiger partial charge in [0.05, 0.1) is 49.1 Å². The van der Waals surface area contributed by atoms with Crippen LogP contribution in [0, 0.1) is 18.6 Å². The number of anilines is 2. The van der Waals surface area contributed by atoms with E-state index < -0.39 is 70.1 Å². The second kappa shape index (κ2) is 18.0. The van der Waals surface area contributed by atoms with E-state index in [0.717, 1.165) is 44.5 Å². The van der Waals surface area contributed by atoms with Crippen molar-refractivity contribution >= 4 is 28.5 Å². The molecule has 376 valence electrons. The smallest absolute Gasteiger partial charge is 0.417 e. The summed E-state index contributed by atoms with van der Waals surface area (Å²) in [6.45, 7) is 14.6. The SMILES string of the molecule is C=C1CN2CCC[C@@]2(COc2nc3c4c(nc(-c5cc(N(Cc6ccc(OC)cc6)Cc6ccc(OC)cc6)c(F)c(C)c5C(F)(F)F)c(F)c4n2)O[C@@H](C)[C@@H]2[C@@H]4CC[C@H](CN32)N4C(=O)OC(C)(C)C)C1. The highest BCUT2D eigenvalue weighted by Crippen LogP contribution is 2.50. The minimum Gasteiger partial charge on any atom is -0.497 e. The van der Waals surface area contributed by atoms with Gasteiger partial charge in [0.2, 0.25) is 5.88 Å². The van der Waals surface area contributed by atoms with E-state index in [4.69, 9.17) is 28.7 Å². The minimum atomic E-state index is -5.17. The molecular weight excluding hydrogens is 926 g/mol. The van der Waals surface area contributed by atoms with E-state index in [1.807, 2.05) is 4.90 Å². The van der Waals surface area contributed by atoms with Crippen molar-refractivity contribution < 1.29 is 50.4 Å². The Morgan fingerprint density at radius 1 is 0.944 bits per heavy atom. The van der Waals surface area contributed by atoms with Gasteiger partial charge >= 0.3 is 18.3 Å². The lowest BCUT2D eigenvalue weighted by Crippen LogP contribution is -2.65. The summed E-state index contributed by atoms with van der Waals surface area (Å²) in [7, 11) is 3.06. The zero-order chi connectivity index (χ0) is 50.3. The number of ether oxygens (including phenoxy) is 5. The molecule has 5 atom stereocenters. The lowest BCUT2D eigenvalue weighted by Gasteiger charge is -2.48. The molecule has 71 heavy (non-hydrogen) atoms. The zero-order valence-corrected chi connectivity index (χ0v) is 41.0. The van der Waals surface area contributed by atoms with Crippen molar-refractivity contribution in [2.75, 3.05) is 50.3 Å². The maximum atomic E-state index is 18.1. The molecule has 18 heteroatoms. The number of methoxy groups -OCH3 is 2. The van der Waals surface area contributed by atoms with Crippen molar-refractivity contribution in [2.45, 2.75) is 121 Å². The Hall–Kier alpha value is -6.43. The number of carbonyl (C=O) groups is 1. The number of nitrogens with zero attached hydrogens (tertiary/aromatic N) is 7. The molecule has 0 spiro atoms. The van der Waals surface area contributed by atoms with Crippen molar-refractivity contribution in [3.63, 3.8) is 0 Å². The average Bonchev–Trinajstić information content (AvgIpc) is 3.94. The van der Waals surface area contributed by atoms with E-state index in [0.29, 0.717) is 41.9 Å². The van der Waals surface area contributed by atoms with Gasteiger partial charge in [0.1, 0.15) is 58.0 Å². The summed E-state index contributed by atoms with van der Waals surface area (Å²) in [6, 6.07) is 13.6. The molecule has 10 rings (SSSR count). The van der Waals surface area contributed by atoms with Crippen LogP contribution in [-0.2, 0) is 24.0 Å². The quantitative estimate of drug-likeness (QED) is 0.0927. The molecule has 1 amide bonds. The summed E-state index contributed by atoms with van der Waals surface area (Å²) in [5, 5.41) is 0.0428. The number of hydrogen-bond donors (Lipinski definition) is 0. The molecule has 2 bridgehead atoms. The van der Waals surface area contributed by atoms with Crippen molar-refractivity contribution in [1.29, 1.82) is 0 Å². The van der Waals surface area contributed by atoms with Crippen LogP contribution in [-0.4, -0.2) is 107 Å². The molecule has 4 fully saturated rings. The molecule has 5 aliphatic heterocycles. The molecule has 2 aromatic heterocycles. The third-order valence-electron chi connectivity index (χ3n) is 14.7. The summed E-state index contributed by atoms with van der Waals surface area (Å²) in [5.41, 5.74) is -2.88. The topological polar surface area (TPSA) is 115 Å². The molecule has 0 unspecified atom stereocenters. The van der Waals surface area contributed by atoms with E-state index >= 15 is 22.0 Å². The Morgan fingerprint density at radius 3 is 2.23 bits per heavy atom. The van der Waals surface area contributed by atoms with Crippen LogP contribution >= 0.6 is 0 Å². The van der Waals surface area contributed by atoms with Gasteiger partial charge in [0.25, 0.3) is 0 Å². The summed E-state index contributed by atoms with van der Waals surface area (Å²) in [4.78, 5) is 35.8. The predicted octanol–water partition coefficient (Wildman–Crippen LogP) is 10.4. The number of hydrogen-bond acceptors (Lipinski definition) is 12. The van der Waals surface area contributed by atoms with Crippen LogP contribution in [0.15, 0.2) is 66.7 Å². The monoisotopic (exact) mass is 983 g/mol. The van der Waals surface area contributed by atoms with Crippen molar-refractivity contribution in [2.24, 2.45) is 0 Å². The molecular formula is C53H58F5N7O6. The standard InChI is InChI=1S/C53H58F5N7O6/c1-29-23-52(20-9-21-63(52)24-29)28-69-49-60-45-40-47(61-49)64-27-34-14-19-38(65(34)50(66)71-51(4,5)6)46(64)31(3)70-48(40)59-44(43(45)55)37-22-39(42(54)30(2)41(37)53(56,57)58)62(25-32-10-15-35(67-7)16-11-32)26-33-12-17-36(68-8)18-13-33/h10-13,15-18,22,31,34,38,46H,1,9,14,19-21,23-28H2,2-8H3/t31-,34+,38-,46+,52-/m0/s1. The Morgan fingerprint density at radius 2 is 1.61 bits per heavy atom. The Balaban J connectivity index is 1.15. The van der Waals surface area contributed by atoms with Crippen molar-refractivity contribution in [3.05, 3.63) is 101 Å². The van der Waals surface area contributed by atoms with Crippen LogP contribution in [0.2, 0.25) is 0 Å². The van der Waals surface area contributed by atoms with Gasteiger partial charge in [-0.1, -0.05) is 36.4 Å². The first-order valence-corrected chi connectivity index (χ1v) is 24.1. The molecule has 3 aromatic carbocycles. The van der Waals surface area contributed by atoms with Gasteiger partial charge in [0.15, 0.2) is 5.82 Å². The maximum absolute atomic E-state index is 18.1. The Labute approximate surface area is 409 Å². The first kappa shape index (κ1) is 48.2. The van der Waals surface area contributed by atoms with Gasteiger partial charge in [-0.2, -0.15) is 23.1 Å². The molecule has 0 aliphatic carbocycles. The van der Waals surface area contributed by atoms with Crippen LogP contribution in [0.25, 0.3) is 22.2 Å². The summed E-state index contributed by atoms with van der Waals surface area (Å²) in [5.74, 6) is -1.16. The molecule has 7 heterocycles. The highest BCUT2D eigenvalue weighted by molar-refractivity contribution is 5.98. The van der Waals surface area contributed by atoms with Crippen LogP contribution in [0.4, 0.5) is 38.3 Å². The van der Waals surface area contributed by atoms with Gasteiger partial charge in [-0.25, -0.2) is 18.6 Å². The fraction of sp³-hybridized carbons (Fsp3) is 0.472. The first-order valence-electron chi connectivity index (χ1n) is 24.1. The Kier molecular flexibility index (Phi) is 12.2. The van der Waals surface area contributed by atoms with E-state index in [1.165, 1.54) is 14.2 Å². The first-order chi connectivity index (χ1) is 33.8. The van der Waals surface area contributed by atoms with Gasteiger partial charge in [0, 0.05) is 31.7 Å². The van der Waals surface area contributed by atoms with E-state index in [2.05, 4.69) is 21.4 Å². The molecule has 5 aromatic rings. The van der Waals surface area contributed by atoms with Crippen LogP contribution < -0.4 is 28.7 Å². The average molecular weight is 984 g/mol. The number of piperazine rings is 1. The number of halogens is 5. The van der Waals surface area contributed by atoms with E-state index in [1.54, 1.807) is 86.0 Å². The van der Waals surface area contributed by atoms with E-state index in [-0.39, 0.29) is 72.1 Å². The zero-order valence-electron chi connectivity index (χ0n) is 41.0. The highest BCUT2D eigenvalue weighted by Gasteiger charge is 2.54. The van der Waals surface area contributed by atoms with Crippen molar-refractivity contribution in [3.8, 4) is 34.6 Å². The summed E-state index contributed by atoms with van der Waals surface area (Å²) < 4.78 is 112. The fourth-order valence-corrected chi connectivity index (χ4v) is 11.6. The van der Waals surface area contributed by atoms with Crippen LogP contribution in [0.5, 0.6) is 23.4 Å². The summed E-state index contributed by atoms with van der Waals surface area (Å²) in [6.07, 6.45) is -2.69. The number of amides is 1. The number of aromatic nitrogens is 3. The molecule has 0 saturated carbocycles. The van der Waals surface area contributed by atoms with Gasteiger partial charge in [-0.05, 0) is 120 Å². The fourth-order valence-electron chi connectivity index (χ4n) is 11.6. The normalized spacial score (nSPS) is 22.8. The minimum absolute atomic E-state index is 0.0416. The molecule has 13 nitrogen and oxygen atoms in total. The number of carbonyl (C=O) groups excluding carboxylic acids is 1. The number of fused-ring (bicyclic) bond motifs is 6. The number of pyridine rings is 1. The summed E-state index contributed by atoms with van der Waals surface area (Å²) >= 11 is 0. The van der Waals surface area contributed by atoms with E-state index in [9.17, 15) is 4.79 Å². The lowest BCUT2D eigenvalue weighted by molar-refractivity contribution is -0.137. The number of alkyl halides is 3. The maximum Gasteiger partial charge on any atom is 0.417 e. The molecule has 0 N–H and O–H groups in total. The van der Waals surface area contributed by atoms with Crippen LogP contribution in [0.1, 0.15) is 82.1 Å². The van der Waals surface area contributed by atoms with Crippen molar-refractivity contribution in [1.82, 2.24) is 24.8 Å². The predicted molar refractivity (Wildman–Crippen MR) is 257 cm³/mol. The Bertz CT molecular complexity index is 2850. The molecule has 4 saturated heterocycles. The van der Waals surface area contributed by atoms with Crippen LogP contribution in [0.3, 0.4) is 0 Å². The van der Waals surface area contributed by atoms with Gasteiger partial charge < -0.3 is 33.5 Å². The second-order valence-corrected chi connectivity index (χ2v) is 20.6. The number of benzene rings is 3. The third kappa shape index (κ3) is 8.79. The van der Waals surface area contributed by atoms with Gasteiger partial charge in [-0.3, -0.25) is 9.80 Å². The van der Waals surface area contributed by atoms with Gasteiger partial charge in [-0.15, -0.1) is 0 Å².